The van der Waals surface area contributed by atoms with Gasteiger partial charge in [-0.3, -0.25) is 0 Å². The van der Waals surface area contributed by atoms with Crippen LogP contribution in [-0.2, 0) is 9.47 Å². The second kappa shape index (κ2) is 4.34. The molecule has 0 aliphatic carbocycles. The van der Waals surface area contributed by atoms with Crippen LogP contribution < -0.4 is 0 Å². The molecule has 5 heteroatoms. The van der Waals surface area contributed by atoms with Gasteiger partial charge < -0.3 is 24.8 Å². The third-order valence-corrected chi connectivity index (χ3v) is 1.86. The van der Waals surface area contributed by atoms with Gasteiger partial charge in [0, 0.05) is 0 Å². The van der Waals surface area contributed by atoms with E-state index in [1.54, 1.807) is 13.8 Å². The van der Waals surface area contributed by atoms with Crippen LogP contribution in [0.15, 0.2) is 0 Å². The lowest BCUT2D eigenvalue weighted by atomic mass is 10.1. The molecule has 0 unspecified atom stereocenters. The zero-order valence-electron chi connectivity index (χ0n) is 7.75. The Morgan fingerprint density at radius 3 is 2.38 bits per heavy atom. The van der Waals surface area contributed by atoms with Gasteiger partial charge in [0.25, 0.3) is 0 Å². The quantitative estimate of drug-likeness (QED) is 0.515. The molecule has 1 aliphatic heterocycles. The van der Waals surface area contributed by atoms with Crippen molar-refractivity contribution in [3.63, 3.8) is 0 Å². The molecular weight excluding hydrogens is 176 g/mol. The Balaban J connectivity index is 2.48. The molecule has 0 spiro atoms. The molecule has 0 aromatic rings. The Morgan fingerprint density at radius 2 is 1.85 bits per heavy atom. The van der Waals surface area contributed by atoms with Gasteiger partial charge in [0.2, 0.25) is 0 Å². The molecule has 5 nitrogen and oxygen atoms in total. The minimum absolute atomic E-state index is 0.0182. The number of hydrogen-bond acceptors (Lipinski definition) is 5. The maximum Gasteiger partial charge on any atom is 0.186 e. The fourth-order valence-corrected chi connectivity index (χ4v) is 1.17. The topological polar surface area (TPSA) is 79.2 Å². The van der Waals surface area contributed by atoms with Gasteiger partial charge in [-0.1, -0.05) is 0 Å². The predicted molar refractivity (Wildman–Crippen MR) is 44.0 cm³/mol. The molecule has 0 radical (unpaired) electrons. The standard InChI is InChI=1S/C8H16O5/c1-4(2)13-8-7(11)6(10)5(9)3-12-8/h4-11H,3H2,1-2H3/t5-,6-,7+,8-/m0/s1. The van der Waals surface area contributed by atoms with Crippen LogP contribution in [0.4, 0.5) is 0 Å². The SMILES string of the molecule is CC(C)O[C@@H]1OC[C@H](O)[C@H](O)[C@H]1O. The van der Waals surface area contributed by atoms with Crippen molar-refractivity contribution in [3.8, 4) is 0 Å². The summed E-state index contributed by atoms with van der Waals surface area (Å²) in [4.78, 5) is 0. The van der Waals surface area contributed by atoms with E-state index in [-0.39, 0.29) is 12.7 Å². The van der Waals surface area contributed by atoms with Crippen molar-refractivity contribution in [3.05, 3.63) is 0 Å². The molecule has 0 saturated carbocycles. The molecule has 1 rings (SSSR count). The van der Waals surface area contributed by atoms with E-state index >= 15 is 0 Å². The number of aliphatic hydroxyl groups is 3. The van der Waals surface area contributed by atoms with Crippen LogP contribution in [-0.4, -0.2) is 52.6 Å². The molecule has 1 heterocycles. The van der Waals surface area contributed by atoms with Crippen LogP contribution in [0, 0.1) is 0 Å². The Hall–Kier alpha value is -0.200. The van der Waals surface area contributed by atoms with Gasteiger partial charge in [-0.05, 0) is 13.8 Å². The second-order valence-corrected chi connectivity index (χ2v) is 3.44. The van der Waals surface area contributed by atoms with Crippen LogP contribution in [0.25, 0.3) is 0 Å². The van der Waals surface area contributed by atoms with Gasteiger partial charge in [0.1, 0.15) is 18.3 Å². The Kier molecular flexibility index (Phi) is 3.63. The molecule has 13 heavy (non-hydrogen) atoms. The molecule has 1 saturated heterocycles. The summed E-state index contributed by atoms with van der Waals surface area (Å²) in [5.74, 6) is 0. The summed E-state index contributed by atoms with van der Waals surface area (Å²) in [6, 6.07) is 0. The summed E-state index contributed by atoms with van der Waals surface area (Å²) in [5, 5.41) is 27.8. The second-order valence-electron chi connectivity index (χ2n) is 3.44. The lowest BCUT2D eigenvalue weighted by molar-refractivity contribution is -0.278. The average molecular weight is 192 g/mol. The monoisotopic (exact) mass is 192 g/mol. The van der Waals surface area contributed by atoms with Gasteiger partial charge in [-0.25, -0.2) is 0 Å². The first-order chi connectivity index (χ1) is 6.02. The van der Waals surface area contributed by atoms with Crippen molar-refractivity contribution in [1.29, 1.82) is 0 Å². The number of hydrogen-bond donors (Lipinski definition) is 3. The molecule has 78 valence electrons. The highest BCUT2D eigenvalue weighted by Gasteiger charge is 2.38. The highest BCUT2D eigenvalue weighted by Crippen LogP contribution is 2.17. The van der Waals surface area contributed by atoms with E-state index in [1.807, 2.05) is 0 Å². The molecule has 4 atom stereocenters. The van der Waals surface area contributed by atoms with Crippen LogP contribution >= 0.6 is 0 Å². The Bertz CT molecular complexity index is 161. The van der Waals surface area contributed by atoms with Crippen LogP contribution in [0.1, 0.15) is 13.8 Å². The Labute approximate surface area is 76.9 Å². The maximum atomic E-state index is 9.40. The molecule has 0 aromatic carbocycles. The van der Waals surface area contributed by atoms with E-state index in [9.17, 15) is 10.2 Å². The van der Waals surface area contributed by atoms with Crippen LogP contribution in [0.3, 0.4) is 0 Å². The minimum Gasteiger partial charge on any atom is -0.388 e. The summed E-state index contributed by atoms with van der Waals surface area (Å²) < 4.78 is 10.2. The van der Waals surface area contributed by atoms with Gasteiger partial charge in [-0.2, -0.15) is 0 Å². The summed E-state index contributed by atoms with van der Waals surface area (Å²) in [5.41, 5.74) is 0. The molecule has 1 fully saturated rings. The molecule has 0 aromatic heterocycles. The van der Waals surface area contributed by atoms with E-state index in [0.717, 1.165) is 0 Å². The molecule has 3 N–H and O–H groups in total. The van der Waals surface area contributed by atoms with Gasteiger partial charge in [0.15, 0.2) is 6.29 Å². The Morgan fingerprint density at radius 1 is 1.23 bits per heavy atom. The van der Waals surface area contributed by atoms with Crippen LogP contribution in [0.5, 0.6) is 0 Å². The maximum absolute atomic E-state index is 9.40. The van der Waals surface area contributed by atoms with E-state index < -0.39 is 24.6 Å². The van der Waals surface area contributed by atoms with Crippen molar-refractivity contribution in [2.75, 3.05) is 6.61 Å². The van der Waals surface area contributed by atoms with Gasteiger partial charge in [-0.15, -0.1) is 0 Å². The minimum atomic E-state index is -1.20. The zero-order chi connectivity index (χ0) is 10.0. The number of rotatable bonds is 2. The fourth-order valence-electron chi connectivity index (χ4n) is 1.17. The van der Waals surface area contributed by atoms with Gasteiger partial charge >= 0.3 is 0 Å². The molecule has 0 bridgehead atoms. The first-order valence-corrected chi connectivity index (χ1v) is 4.33. The van der Waals surface area contributed by atoms with Crippen molar-refractivity contribution in [2.24, 2.45) is 0 Å². The van der Waals surface area contributed by atoms with Crippen molar-refractivity contribution >= 4 is 0 Å². The van der Waals surface area contributed by atoms with E-state index in [2.05, 4.69) is 0 Å². The lowest BCUT2D eigenvalue weighted by Gasteiger charge is -2.35. The molecule has 0 amide bonds. The molecular formula is C8H16O5. The number of ether oxygens (including phenoxy) is 2. The van der Waals surface area contributed by atoms with Crippen molar-refractivity contribution < 1.29 is 24.8 Å². The van der Waals surface area contributed by atoms with E-state index in [4.69, 9.17) is 14.6 Å². The van der Waals surface area contributed by atoms with Crippen LogP contribution in [0.2, 0.25) is 0 Å². The summed E-state index contributed by atoms with van der Waals surface area (Å²) >= 11 is 0. The highest BCUT2D eigenvalue weighted by atomic mass is 16.7. The predicted octanol–water partition coefficient (Wildman–Crippen LogP) is -1.15. The van der Waals surface area contributed by atoms with Crippen molar-refractivity contribution in [1.82, 2.24) is 0 Å². The average Bonchev–Trinajstić information content (AvgIpc) is 2.06. The number of aliphatic hydroxyl groups excluding tert-OH is 3. The third-order valence-electron chi connectivity index (χ3n) is 1.86. The normalized spacial score (nSPS) is 41.1. The summed E-state index contributed by atoms with van der Waals surface area (Å²) in [7, 11) is 0. The smallest absolute Gasteiger partial charge is 0.186 e. The lowest BCUT2D eigenvalue weighted by Crippen LogP contribution is -2.54. The van der Waals surface area contributed by atoms with Gasteiger partial charge in [0.05, 0.1) is 12.7 Å². The van der Waals surface area contributed by atoms with E-state index in [0.29, 0.717) is 0 Å². The summed E-state index contributed by atoms with van der Waals surface area (Å²) in [6.45, 7) is 3.58. The summed E-state index contributed by atoms with van der Waals surface area (Å²) in [6.07, 6.45) is -4.37. The van der Waals surface area contributed by atoms with E-state index in [1.165, 1.54) is 0 Å². The van der Waals surface area contributed by atoms with Crippen molar-refractivity contribution in [2.45, 2.75) is 44.6 Å². The molecule has 1 aliphatic rings. The largest absolute Gasteiger partial charge is 0.388 e. The fraction of sp³-hybridized carbons (Fsp3) is 1.00. The third kappa shape index (κ3) is 2.62. The first-order valence-electron chi connectivity index (χ1n) is 4.33. The highest BCUT2D eigenvalue weighted by molar-refractivity contribution is 4.82. The first kappa shape index (κ1) is 10.9. The zero-order valence-corrected chi connectivity index (χ0v) is 7.75.